The number of hydrogen-bond acceptors (Lipinski definition) is 3. The third kappa shape index (κ3) is 3.52. The molecular formula is C12H14F3N3O. The molecule has 1 amide bonds. The zero-order chi connectivity index (χ0) is 14.0. The van der Waals surface area contributed by atoms with Crippen LogP contribution in [0.5, 0.6) is 0 Å². The van der Waals surface area contributed by atoms with Crippen LogP contribution in [0.2, 0.25) is 0 Å². The summed E-state index contributed by atoms with van der Waals surface area (Å²) in [5.41, 5.74) is 8.23. The number of rotatable bonds is 4. The summed E-state index contributed by atoms with van der Waals surface area (Å²) in [5, 5.41) is 5.52. The van der Waals surface area contributed by atoms with E-state index in [2.05, 4.69) is 10.6 Å². The number of carbonyl (C=O) groups excluding carboxylic acids is 1. The topological polar surface area (TPSA) is 67.2 Å². The first-order valence-corrected chi connectivity index (χ1v) is 5.88. The summed E-state index contributed by atoms with van der Waals surface area (Å²) >= 11 is 0. The highest BCUT2D eigenvalue weighted by molar-refractivity contribution is 6.00. The lowest BCUT2D eigenvalue weighted by Gasteiger charge is -2.12. The lowest BCUT2D eigenvalue weighted by Crippen LogP contribution is -2.11. The fourth-order valence-corrected chi connectivity index (χ4v) is 1.96. The minimum absolute atomic E-state index is 0.0214. The van der Waals surface area contributed by atoms with Crippen molar-refractivity contribution in [3.63, 3.8) is 0 Å². The van der Waals surface area contributed by atoms with Gasteiger partial charge in [-0.05, 0) is 24.1 Å². The monoisotopic (exact) mass is 273 g/mol. The first kappa shape index (κ1) is 13.5. The molecule has 0 unspecified atom stereocenters. The van der Waals surface area contributed by atoms with Gasteiger partial charge in [-0.25, -0.2) is 0 Å². The fraction of sp³-hybridized carbons (Fsp3) is 0.417. The van der Waals surface area contributed by atoms with Gasteiger partial charge in [0, 0.05) is 18.7 Å². The molecule has 4 N–H and O–H groups in total. The second kappa shape index (κ2) is 4.99. The van der Waals surface area contributed by atoms with Crippen molar-refractivity contribution in [3.8, 4) is 0 Å². The van der Waals surface area contributed by atoms with E-state index in [9.17, 15) is 18.0 Å². The van der Waals surface area contributed by atoms with Crippen LogP contribution in [0.3, 0.4) is 0 Å². The molecular weight excluding hydrogens is 259 g/mol. The number of fused-ring (bicyclic) bond motifs is 1. The molecule has 0 spiro atoms. The van der Waals surface area contributed by atoms with E-state index in [0.29, 0.717) is 17.1 Å². The van der Waals surface area contributed by atoms with Gasteiger partial charge in [-0.3, -0.25) is 4.79 Å². The molecule has 0 aliphatic carbocycles. The minimum Gasteiger partial charge on any atom is -0.397 e. The summed E-state index contributed by atoms with van der Waals surface area (Å²) in [7, 11) is 0. The van der Waals surface area contributed by atoms with Crippen LogP contribution in [-0.4, -0.2) is 18.6 Å². The van der Waals surface area contributed by atoms with Gasteiger partial charge in [0.15, 0.2) is 0 Å². The van der Waals surface area contributed by atoms with Crippen molar-refractivity contribution in [2.45, 2.75) is 25.4 Å². The SMILES string of the molecule is Nc1cc2c(cc1NCCCC(F)(F)F)NC(=O)C2. The highest BCUT2D eigenvalue weighted by Gasteiger charge is 2.26. The Morgan fingerprint density at radius 3 is 2.79 bits per heavy atom. The molecule has 104 valence electrons. The Morgan fingerprint density at radius 1 is 1.37 bits per heavy atom. The highest BCUT2D eigenvalue weighted by atomic mass is 19.4. The Balaban J connectivity index is 1.95. The smallest absolute Gasteiger partial charge is 0.389 e. The molecule has 0 fully saturated rings. The predicted molar refractivity (Wildman–Crippen MR) is 67.0 cm³/mol. The number of nitrogens with two attached hydrogens (primary N) is 1. The van der Waals surface area contributed by atoms with Crippen LogP contribution in [-0.2, 0) is 11.2 Å². The van der Waals surface area contributed by atoms with Crippen molar-refractivity contribution in [3.05, 3.63) is 17.7 Å². The molecule has 19 heavy (non-hydrogen) atoms. The van der Waals surface area contributed by atoms with Crippen molar-refractivity contribution in [2.75, 3.05) is 22.9 Å². The molecule has 0 radical (unpaired) electrons. The molecule has 1 aromatic carbocycles. The molecule has 4 nitrogen and oxygen atoms in total. The number of benzene rings is 1. The van der Waals surface area contributed by atoms with Gasteiger partial charge < -0.3 is 16.4 Å². The molecule has 0 aromatic heterocycles. The average Bonchev–Trinajstić information content (AvgIpc) is 2.62. The molecule has 2 rings (SSSR count). The third-order valence-corrected chi connectivity index (χ3v) is 2.85. The zero-order valence-corrected chi connectivity index (χ0v) is 10.1. The number of nitrogens with one attached hydrogen (secondary N) is 2. The van der Waals surface area contributed by atoms with Crippen molar-refractivity contribution >= 4 is 23.0 Å². The van der Waals surface area contributed by atoms with Gasteiger partial charge >= 0.3 is 6.18 Å². The average molecular weight is 273 g/mol. The maximum absolute atomic E-state index is 12.0. The van der Waals surface area contributed by atoms with Gasteiger partial charge in [-0.15, -0.1) is 0 Å². The molecule has 7 heteroatoms. The van der Waals surface area contributed by atoms with Crippen molar-refractivity contribution in [1.29, 1.82) is 0 Å². The van der Waals surface area contributed by atoms with Crippen LogP contribution in [0.1, 0.15) is 18.4 Å². The Hall–Kier alpha value is -1.92. The molecule has 0 atom stereocenters. The quantitative estimate of drug-likeness (QED) is 0.583. The second-order valence-corrected chi connectivity index (χ2v) is 4.47. The van der Waals surface area contributed by atoms with Crippen LogP contribution in [0, 0.1) is 0 Å². The molecule has 0 saturated carbocycles. The van der Waals surface area contributed by atoms with Crippen LogP contribution in [0.25, 0.3) is 0 Å². The van der Waals surface area contributed by atoms with Gasteiger partial charge in [0.25, 0.3) is 0 Å². The zero-order valence-electron chi connectivity index (χ0n) is 10.1. The summed E-state index contributed by atoms with van der Waals surface area (Å²) in [5.74, 6) is -0.108. The van der Waals surface area contributed by atoms with Crippen molar-refractivity contribution < 1.29 is 18.0 Å². The lowest BCUT2D eigenvalue weighted by molar-refractivity contribution is -0.134. The predicted octanol–water partition coefficient (Wildman–Crippen LogP) is 2.52. The number of anilines is 3. The Kier molecular flexibility index (Phi) is 3.55. The molecule has 0 bridgehead atoms. The van der Waals surface area contributed by atoms with Gasteiger partial charge in [-0.1, -0.05) is 0 Å². The summed E-state index contributed by atoms with van der Waals surface area (Å²) < 4.78 is 36.0. The number of alkyl halides is 3. The molecule has 1 aromatic rings. The maximum atomic E-state index is 12.0. The number of hydrogen-bond donors (Lipinski definition) is 3. The van der Waals surface area contributed by atoms with E-state index < -0.39 is 12.6 Å². The molecule has 0 saturated heterocycles. The Morgan fingerprint density at radius 2 is 2.11 bits per heavy atom. The van der Waals surface area contributed by atoms with Crippen molar-refractivity contribution in [2.24, 2.45) is 0 Å². The van der Waals surface area contributed by atoms with Crippen molar-refractivity contribution in [1.82, 2.24) is 0 Å². The number of amides is 1. The summed E-state index contributed by atoms with van der Waals surface area (Å²) in [6, 6.07) is 3.32. The van der Waals surface area contributed by atoms with Crippen LogP contribution < -0.4 is 16.4 Å². The molecule has 1 heterocycles. The van der Waals surface area contributed by atoms with E-state index in [1.54, 1.807) is 12.1 Å². The van der Waals surface area contributed by atoms with E-state index in [1.807, 2.05) is 0 Å². The number of halogens is 3. The lowest BCUT2D eigenvalue weighted by atomic mass is 10.1. The highest BCUT2D eigenvalue weighted by Crippen LogP contribution is 2.31. The molecule has 1 aliphatic rings. The number of nitrogen functional groups attached to an aromatic ring is 1. The maximum Gasteiger partial charge on any atom is 0.389 e. The van der Waals surface area contributed by atoms with Crippen LogP contribution in [0.4, 0.5) is 30.2 Å². The second-order valence-electron chi connectivity index (χ2n) is 4.47. The summed E-state index contributed by atoms with van der Waals surface area (Å²) in [6.45, 7) is 0.177. The Labute approximate surface area is 108 Å². The first-order chi connectivity index (χ1) is 8.85. The summed E-state index contributed by atoms with van der Waals surface area (Å²) in [6.07, 6.45) is -4.71. The first-order valence-electron chi connectivity index (χ1n) is 5.88. The van der Waals surface area contributed by atoms with E-state index in [4.69, 9.17) is 5.73 Å². The van der Waals surface area contributed by atoms with Gasteiger partial charge in [0.2, 0.25) is 5.91 Å². The van der Waals surface area contributed by atoms with Crippen LogP contribution >= 0.6 is 0 Å². The largest absolute Gasteiger partial charge is 0.397 e. The van der Waals surface area contributed by atoms with E-state index in [-0.39, 0.29) is 25.3 Å². The van der Waals surface area contributed by atoms with Crippen LogP contribution in [0.15, 0.2) is 12.1 Å². The molecule has 1 aliphatic heterocycles. The fourth-order valence-electron chi connectivity index (χ4n) is 1.96. The van der Waals surface area contributed by atoms with Gasteiger partial charge in [0.1, 0.15) is 0 Å². The van der Waals surface area contributed by atoms with E-state index >= 15 is 0 Å². The third-order valence-electron chi connectivity index (χ3n) is 2.85. The van der Waals surface area contributed by atoms with E-state index in [1.165, 1.54) is 0 Å². The normalized spacial score (nSPS) is 14.2. The summed E-state index contributed by atoms with van der Waals surface area (Å²) in [4.78, 5) is 11.2. The Bertz CT molecular complexity index is 500. The standard InChI is InChI=1S/C12H14F3N3O/c13-12(14,15)2-1-3-17-10-6-9-7(4-8(10)16)5-11(19)18-9/h4,6,17H,1-3,5,16H2,(H,18,19). The van der Waals surface area contributed by atoms with Gasteiger partial charge in [-0.2, -0.15) is 13.2 Å². The van der Waals surface area contributed by atoms with E-state index in [0.717, 1.165) is 5.56 Å². The minimum atomic E-state index is -4.14. The number of carbonyl (C=O) groups is 1. The van der Waals surface area contributed by atoms with Gasteiger partial charge in [0.05, 0.1) is 17.8 Å².